The number of aromatic nitrogens is 3. The second kappa shape index (κ2) is 6.84. The topological polar surface area (TPSA) is 97.1 Å². The van der Waals surface area contributed by atoms with E-state index < -0.39 is 17.9 Å². The van der Waals surface area contributed by atoms with E-state index in [1.54, 1.807) is 30.5 Å². The number of carboxylic acids is 1. The Balaban J connectivity index is 2.15. The fourth-order valence-corrected chi connectivity index (χ4v) is 2.07. The van der Waals surface area contributed by atoms with Crippen LogP contribution in [0.15, 0.2) is 36.7 Å². The number of nitrogens with zero attached hydrogens (tertiary/aromatic N) is 3. The molecule has 22 heavy (non-hydrogen) atoms. The summed E-state index contributed by atoms with van der Waals surface area (Å²) in [6.07, 6.45) is 3.58. The highest BCUT2D eigenvalue weighted by molar-refractivity contribution is 5.97. The molecule has 1 heterocycles. The van der Waals surface area contributed by atoms with E-state index >= 15 is 0 Å². The third-order valence-corrected chi connectivity index (χ3v) is 3.11. The van der Waals surface area contributed by atoms with E-state index in [2.05, 4.69) is 15.6 Å². The lowest BCUT2D eigenvalue weighted by molar-refractivity contribution is -0.139. The summed E-state index contributed by atoms with van der Waals surface area (Å²) in [4.78, 5) is 23.5. The van der Waals surface area contributed by atoms with Crippen LogP contribution in [0.3, 0.4) is 0 Å². The van der Waals surface area contributed by atoms with Gasteiger partial charge in [0.25, 0.3) is 5.91 Å². The molecule has 0 unspecified atom stereocenters. The summed E-state index contributed by atoms with van der Waals surface area (Å²) in [5, 5.41) is 19.3. The molecule has 2 rings (SSSR count). The first-order valence-electron chi connectivity index (χ1n) is 6.98. The maximum Gasteiger partial charge on any atom is 0.326 e. The lowest BCUT2D eigenvalue weighted by Crippen LogP contribution is -2.41. The minimum Gasteiger partial charge on any atom is -0.480 e. The first-order valence-corrected chi connectivity index (χ1v) is 6.98. The molecule has 0 bridgehead atoms. The van der Waals surface area contributed by atoms with Crippen molar-refractivity contribution in [2.45, 2.75) is 26.3 Å². The molecular weight excluding hydrogens is 284 g/mol. The quantitative estimate of drug-likeness (QED) is 0.842. The number of carbonyl (C=O) groups is 2. The predicted molar refractivity (Wildman–Crippen MR) is 79.7 cm³/mol. The smallest absolute Gasteiger partial charge is 0.326 e. The van der Waals surface area contributed by atoms with Gasteiger partial charge in [0.1, 0.15) is 6.04 Å². The molecule has 2 aromatic rings. The van der Waals surface area contributed by atoms with Crippen molar-refractivity contribution in [3.8, 4) is 5.69 Å². The summed E-state index contributed by atoms with van der Waals surface area (Å²) >= 11 is 0. The number of nitrogens with one attached hydrogen (secondary N) is 1. The Morgan fingerprint density at radius 1 is 1.36 bits per heavy atom. The average Bonchev–Trinajstić information content (AvgIpc) is 3.00. The van der Waals surface area contributed by atoms with Crippen molar-refractivity contribution in [2.24, 2.45) is 5.92 Å². The monoisotopic (exact) mass is 302 g/mol. The van der Waals surface area contributed by atoms with E-state index in [9.17, 15) is 14.7 Å². The third kappa shape index (κ3) is 3.91. The largest absolute Gasteiger partial charge is 0.480 e. The van der Waals surface area contributed by atoms with Gasteiger partial charge in [-0.3, -0.25) is 4.79 Å². The molecule has 0 aliphatic rings. The number of hydrogen-bond donors (Lipinski definition) is 2. The van der Waals surface area contributed by atoms with Crippen molar-refractivity contribution in [1.29, 1.82) is 0 Å². The molecule has 1 amide bonds. The van der Waals surface area contributed by atoms with Crippen LogP contribution in [-0.4, -0.2) is 38.0 Å². The molecule has 0 saturated carbocycles. The summed E-state index contributed by atoms with van der Waals surface area (Å²) in [7, 11) is 0. The Hall–Kier alpha value is -2.70. The molecule has 0 fully saturated rings. The second-order valence-electron chi connectivity index (χ2n) is 5.39. The molecule has 7 heteroatoms. The van der Waals surface area contributed by atoms with Crippen molar-refractivity contribution >= 4 is 11.9 Å². The highest BCUT2D eigenvalue weighted by atomic mass is 16.4. The van der Waals surface area contributed by atoms with Crippen LogP contribution in [0.25, 0.3) is 5.69 Å². The number of carboxylic acid groups (broad SMARTS) is 1. The third-order valence-electron chi connectivity index (χ3n) is 3.11. The molecule has 1 aromatic heterocycles. The fraction of sp³-hybridized carbons (Fsp3) is 0.333. The van der Waals surface area contributed by atoms with Crippen LogP contribution in [0.1, 0.15) is 30.6 Å². The minimum atomic E-state index is -1.03. The Morgan fingerprint density at radius 3 is 2.73 bits per heavy atom. The van der Waals surface area contributed by atoms with E-state index in [4.69, 9.17) is 0 Å². The Bertz CT molecular complexity index is 653. The SMILES string of the molecule is CC(C)C[C@@H](NC(=O)c1cccc(-n2ccnn2)c1)C(=O)O. The van der Waals surface area contributed by atoms with Gasteiger partial charge in [-0.15, -0.1) is 5.10 Å². The highest BCUT2D eigenvalue weighted by Crippen LogP contribution is 2.11. The van der Waals surface area contributed by atoms with Gasteiger partial charge in [0, 0.05) is 5.56 Å². The zero-order valence-electron chi connectivity index (χ0n) is 12.4. The number of amides is 1. The zero-order chi connectivity index (χ0) is 16.1. The summed E-state index contributed by atoms with van der Waals surface area (Å²) < 4.78 is 1.53. The first kappa shape index (κ1) is 15.7. The number of carbonyl (C=O) groups excluding carboxylic acids is 1. The zero-order valence-corrected chi connectivity index (χ0v) is 12.4. The minimum absolute atomic E-state index is 0.169. The Kier molecular flexibility index (Phi) is 4.88. The van der Waals surface area contributed by atoms with Crippen LogP contribution in [-0.2, 0) is 4.79 Å². The molecule has 0 spiro atoms. The molecule has 7 nitrogen and oxygen atoms in total. The normalized spacial score (nSPS) is 12.1. The molecule has 116 valence electrons. The van der Waals surface area contributed by atoms with E-state index in [-0.39, 0.29) is 5.92 Å². The molecule has 1 aromatic carbocycles. The van der Waals surface area contributed by atoms with Crippen LogP contribution < -0.4 is 5.32 Å². The molecule has 1 atom stereocenters. The van der Waals surface area contributed by atoms with Gasteiger partial charge in [-0.1, -0.05) is 25.1 Å². The van der Waals surface area contributed by atoms with Gasteiger partial charge in [-0.25, -0.2) is 9.48 Å². The number of benzene rings is 1. The van der Waals surface area contributed by atoms with Gasteiger partial charge in [0.2, 0.25) is 0 Å². The van der Waals surface area contributed by atoms with Gasteiger partial charge in [0.05, 0.1) is 18.1 Å². The summed E-state index contributed by atoms with van der Waals surface area (Å²) in [5.74, 6) is -1.28. The van der Waals surface area contributed by atoms with Crippen LogP contribution in [0, 0.1) is 5.92 Å². The summed E-state index contributed by atoms with van der Waals surface area (Å²) in [6.45, 7) is 3.82. The lowest BCUT2D eigenvalue weighted by Gasteiger charge is -2.16. The number of rotatable bonds is 6. The molecular formula is C15H18N4O3. The van der Waals surface area contributed by atoms with E-state index in [0.29, 0.717) is 17.7 Å². The van der Waals surface area contributed by atoms with Gasteiger partial charge < -0.3 is 10.4 Å². The van der Waals surface area contributed by atoms with Crippen molar-refractivity contribution < 1.29 is 14.7 Å². The maximum atomic E-state index is 12.2. The van der Waals surface area contributed by atoms with Crippen molar-refractivity contribution in [1.82, 2.24) is 20.3 Å². The maximum absolute atomic E-state index is 12.2. The molecule has 2 N–H and O–H groups in total. The van der Waals surface area contributed by atoms with Crippen LogP contribution in [0.4, 0.5) is 0 Å². The summed E-state index contributed by atoms with van der Waals surface area (Å²) in [5.41, 5.74) is 1.06. The van der Waals surface area contributed by atoms with Crippen LogP contribution in [0.2, 0.25) is 0 Å². The Morgan fingerprint density at radius 2 is 2.14 bits per heavy atom. The van der Waals surface area contributed by atoms with E-state index in [0.717, 1.165) is 0 Å². The van der Waals surface area contributed by atoms with Crippen LogP contribution in [0.5, 0.6) is 0 Å². The first-order chi connectivity index (χ1) is 10.5. The van der Waals surface area contributed by atoms with Crippen molar-refractivity contribution in [3.63, 3.8) is 0 Å². The van der Waals surface area contributed by atoms with Gasteiger partial charge in [0.15, 0.2) is 0 Å². The van der Waals surface area contributed by atoms with Gasteiger partial charge >= 0.3 is 5.97 Å². The second-order valence-corrected chi connectivity index (χ2v) is 5.39. The summed E-state index contributed by atoms with van der Waals surface area (Å²) in [6, 6.07) is 5.86. The highest BCUT2D eigenvalue weighted by Gasteiger charge is 2.21. The fourth-order valence-electron chi connectivity index (χ4n) is 2.07. The lowest BCUT2D eigenvalue weighted by atomic mass is 10.0. The Labute approximate surface area is 128 Å². The van der Waals surface area contributed by atoms with Gasteiger partial charge in [-0.05, 0) is 30.5 Å². The molecule has 0 aliphatic heterocycles. The molecule has 0 radical (unpaired) electrons. The van der Waals surface area contributed by atoms with E-state index in [1.807, 2.05) is 13.8 Å². The van der Waals surface area contributed by atoms with E-state index in [1.165, 1.54) is 10.9 Å². The molecule has 0 aliphatic carbocycles. The average molecular weight is 302 g/mol. The standard InChI is InChI=1S/C15H18N4O3/c1-10(2)8-13(15(21)22)17-14(20)11-4-3-5-12(9-11)19-7-6-16-18-19/h3-7,9-10,13H,8H2,1-2H3,(H,17,20)(H,21,22)/t13-/m1/s1. The van der Waals surface area contributed by atoms with Crippen molar-refractivity contribution in [2.75, 3.05) is 0 Å². The number of hydrogen-bond acceptors (Lipinski definition) is 4. The predicted octanol–water partition coefficient (Wildman–Crippen LogP) is 1.50. The van der Waals surface area contributed by atoms with Crippen LogP contribution >= 0.6 is 0 Å². The number of aliphatic carboxylic acids is 1. The van der Waals surface area contributed by atoms with Gasteiger partial charge in [-0.2, -0.15) is 0 Å². The van der Waals surface area contributed by atoms with Crippen molar-refractivity contribution in [3.05, 3.63) is 42.2 Å². The molecule has 0 saturated heterocycles.